The Morgan fingerprint density at radius 3 is 2.41 bits per heavy atom. The molecule has 1 saturated carbocycles. The standard InChI is InChI=1S/C21H41N5O3/c1-3-22-21(24-11-17-29-19-8-6-4-5-7-9-19)26-14-12-25(13-15-26)18-20(27)23-10-16-28-2/h19H,3-18H2,1-2H3,(H,22,24)(H,23,27). The predicted octanol–water partition coefficient (Wildman–Crippen LogP) is 1.07. The van der Waals surface area contributed by atoms with E-state index in [1.165, 1.54) is 38.5 Å². The fourth-order valence-corrected chi connectivity index (χ4v) is 3.87. The second-order valence-electron chi connectivity index (χ2n) is 7.83. The van der Waals surface area contributed by atoms with E-state index in [-0.39, 0.29) is 5.91 Å². The molecule has 168 valence electrons. The highest BCUT2D eigenvalue weighted by atomic mass is 16.5. The maximum absolute atomic E-state index is 12.0. The van der Waals surface area contributed by atoms with Crippen molar-refractivity contribution in [1.82, 2.24) is 20.4 Å². The van der Waals surface area contributed by atoms with Crippen LogP contribution in [0.3, 0.4) is 0 Å². The lowest BCUT2D eigenvalue weighted by molar-refractivity contribution is -0.122. The molecule has 2 rings (SSSR count). The van der Waals surface area contributed by atoms with Crippen molar-refractivity contribution in [2.24, 2.45) is 4.99 Å². The highest BCUT2D eigenvalue weighted by Crippen LogP contribution is 2.19. The van der Waals surface area contributed by atoms with Crippen LogP contribution in [0, 0.1) is 0 Å². The Bertz CT molecular complexity index is 473. The van der Waals surface area contributed by atoms with E-state index in [0.29, 0.717) is 39.0 Å². The fourth-order valence-electron chi connectivity index (χ4n) is 3.87. The number of aliphatic imine (C=N–C) groups is 1. The van der Waals surface area contributed by atoms with Crippen molar-refractivity contribution < 1.29 is 14.3 Å². The molecule has 0 bridgehead atoms. The van der Waals surface area contributed by atoms with E-state index in [1.54, 1.807) is 7.11 Å². The van der Waals surface area contributed by atoms with Gasteiger partial charge < -0.3 is 25.0 Å². The Morgan fingerprint density at radius 1 is 1.03 bits per heavy atom. The number of carbonyl (C=O) groups is 1. The zero-order valence-corrected chi connectivity index (χ0v) is 18.5. The molecule has 8 heteroatoms. The predicted molar refractivity (Wildman–Crippen MR) is 116 cm³/mol. The molecule has 1 saturated heterocycles. The molecule has 0 spiro atoms. The van der Waals surface area contributed by atoms with Crippen molar-refractivity contribution in [3.63, 3.8) is 0 Å². The maximum atomic E-state index is 12.0. The van der Waals surface area contributed by atoms with Gasteiger partial charge in [0.1, 0.15) is 0 Å². The quantitative estimate of drug-likeness (QED) is 0.242. The first-order valence-corrected chi connectivity index (χ1v) is 11.4. The number of piperazine rings is 1. The lowest BCUT2D eigenvalue weighted by Crippen LogP contribution is -2.54. The Balaban J connectivity index is 1.69. The van der Waals surface area contributed by atoms with Gasteiger partial charge in [0.15, 0.2) is 5.96 Å². The number of methoxy groups -OCH3 is 1. The van der Waals surface area contributed by atoms with Crippen LogP contribution in [-0.4, -0.2) is 100 Å². The van der Waals surface area contributed by atoms with Gasteiger partial charge >= 0.3 is 0 Å². The molecule has 2 N–H and O–H groups in total. The summed E-state index contributed by atoms with van der Waals surface area (Å²) in [5, 5.41) is 6.28. The number of nitrogens with zero attached hydrogens (tertiary/aromatic N) is 3. The monoisotopic (exact) mass is 411 g/mol. The largest absolute Gasteiger partial charge is 0.383 e. The number of amides is 1. The topological polar surface area (TPSA) is 78.4 Å². The molecule has 1 amide bonds. The summed E-state index contributed by atoms with van der Waals surface area (Å²) in [7, 11) is 1.64. The van der Waals surface area contributed by atoms with Gasteiger partial charge in [0.05, 0.1) is 32.4 Å². The number of carbonyl (C=O) groups excluding carboxylic acids is 1. The summed E-state index contributed by atoms with van der Waals surface area (Å²) in [6.45, 7) is 9.37. The molecule has 1 aliphatic heterocycles. The van der Waals surface area contributed by atoms with Gasteiger partial charge in [-0.1, -0.05) is 25.7 Å². The van der Waals surface area contributed by atoms with E-state index in [0.717, 1.165) is 38.7 Å². The third-order valence-corrected chi connectivity index (χ3v) is 5.51. The van der Waals surface area contributed by atoms with E-state index >= 15 is 0 Å². The minimum atomic E-state index is 0.0618. The fraction of sp³-hybridized carbons (Fsp3) is 0.905. The molecule has 1 heterocycles. The zero-order valence-electron chi connectivity index (χ0n) is 18.5. The van der Waals surface area contributed by atoms with Crippen LogP contribution >= 0.6 is 0 Å². The van der Waals surface area contributed by atoms with Crippen LogP contribution in [0.4, 0.5) is 0 Å². The first-order chi connectivity index (χ1) is 14.2. The van der Waals surface area contributed by atoms with Crippen molar-refractivity contribution in [2.45, 2.75) is 51.6 Å². The van der Waals surface area contributed by atoms with Gasteiger partial charge in [-0.15, -0.1) is 0 Å². The van der Waals surface area contributed by atoms with E-state index in [1.807, 2.05) is 0 Å². The number of ether oxygens (including phenoxy) is 2. The summed E-state index contributed by atoms with van der Waals surface area (Å²) in [5.41, 5.74) is 0. The molecule has 0 aromatic rings. The highest BCUT2D eigenvalue weighted by Gasteiger charge is 2.21. The molecule has 2 fully saturated rings. The highest BCUT2D eigenvalue weighted by molar-refractivity contribution is 5.80. The Kier molecular flexibility index (Phi) is 12.0. The van der Waals surface area contributed by atoms with E-state index < -0.39 is 0 Å². The van der Waals surface area contributed by atoms with Crippen molar-refractivity contribution >= 4 is 11.9 Å². The van der Waals surface area contributed by atoms with Gasteiger partial charge in [-0.2, -0.15) is 0 Å². The Hall–Kier alpha value is -1.38. The lowest BCUT2D eigenvalue weighted by Gasteiger charge is -2.36. The van der Waals surface area contributed by atoms with Crippen LogP contribution in [0.15, 0.2) is 4.99 Å². The SMILES string of the molecule is CCNC(=NCCOC1CCCCCC1)N1CCN(CC(=O)NCCOC)CC1. The Morgan fingerprint density at radius 2 is 1.76 bits per heavy atom. The van der Waals surface area contributed by atoms with Gasteiger partial charge in [0, 0.05) is 46.4 Å². The van der Waals surface area contributed by atoms with Gasteiger partial charge in [-0.25, -0.2) is 0 Å². The molecular weight excluding hydrogens is 370 g/mol. The minimum absolute atomic E-state index is 0.0618. The first kappa shape index (κ1) is 23.9. The average Bonchev–Trinajstić information content (AvgIpc) is 3.00. The summed E-state index contributed by atoms with van der Waals surface area (Å²) < 4.78 is 11.0. The number of hydrogen-bond acceptors (Lipinski definition) is 5. The number of nitrogens with one attached hydrogen (secondary N) is 2. The van der Waals surface area contributed by atoms with Gasteiger partial charge in [0.2, 0.25) is 5.91 Å². The van der Waals surface area contributed by atoms with Gasteiger partial charge in [-0.3, -0.25) is 14.7 Å². The summed E-state index contributed by atoms with van der Waals surface area (Å²) >= 11 is 0. The second-order valence-corrected chi connectivity index (χ2v) is 7.83. The molecule has 0 unspecified atom stereocenters. The number of rotatable bonds is 10. The van der Waals surface area contributed by atoms with E-state index in [9.17, 15) is 4.79 Å². The maximum Gasteiger partial charge on any atom is 0.234 e. The van der Waals surface area contributed by atoms with Gasteiger partial charge in [0.25, 0.3) is 0 Å². The van der Waals surface area contributed by atoms with Crippen molar-refractivity contribution in [1.29, 1.82) is 0 Å². The average molecular weight is 412 g/mol. The molecule has 2 aliphatic rings. The number of hydrogen-bond donors (Lipinski definition) is 2. The number of guanidine groups is 1. The molecule has 0 aromatic carbocycles. The zero-order chi connectivity index (χ0) is 20.7. The summed E-state index contributed by atoms with van der Waals surface area (Å²) in [5.74, 6) is 1.02. The molecule has 29 heavy (non-hydrogen) atoms. The van der Waals surface area contributed by atoms with Crippen molar-refractivity contribution in [2.75, 3.05) is 72.7 Å². The van der Waals surface area contributed by atoms with Crippen molar-refractivity contribution in [3.8, 4) is 0 Å². The third kappa shape index (κ3) is 9.78. The normalized spacial score (nSPS) is 19.8. The van der Waals surface area contributed by atoms with Crippen LogP contribution in [0.1, 0.15) is 45.4 Å². The van der Waals surface area contributed by atoms with E-state index in [4.69, 9.17) is 14.5 Å². The van der Waals surface area contributed by atoms with Crippen LogP contribution in [0.5, 0.6) is 0 Å². The lowest BCUT2D eigenvalue weighted by atomic mass is 10.1. The van der Waals surface area contributed by atoms with Gasteiger partial charge in [-0.05, 0) is 19.8 Å². The molecular formula is C21H41N5O3. The second kappa shape index (κ2) is 14.6. The molecule has 1 aliphatic carbocycles. The van der Waals surface area contributed by atoms with Crippen molar-refractivity contribution in [3.05, 3.63) is 0 Å². The molecule has 8 nitrogen and oxygen atoms in total. The Labute approximate surface area is 176 Å². The molecule has 0 aromatic heterocycles. The summed E-state index contributed by atoms with van der Waals surface area (Å²) in [6.07, 6.45) is 8.12. The molecule has 0 radical (unpaired) electrons. The minimum Gasteiger partial charge on any atom is -0.383 e. The summed E-state index contributed by atoms with van der Waals surface area (Å²) in [4.78, 5) is 21.2. The van der Waals surface area contributed by atoms with Crippen LogP contribution in [0.25, 0.3) is 0 Å². The smallest absolute Gasteiger partial charge is 0.234 e. The molecule has 0 atom stereocenters. The first-order valence-electron chi connectivity index (χ1n) is 11.4. The van der Waals surface area contributed by atoms with Crippen LogP contribution in [0.2, 0.25) is 0 Å². The van der Waals surface area contributed by atoms with Crippen LogP contribution in [-0.2, 0) is 14.3 Å². The van der Waals surface area contributed by atoms with E-state index in [2.05, 4.69) is 27.4 Å². The summed E-state index contributed by atoms with van der Waals surface area (Å²) in [6, 6.07) is 0. The van der Waals surface area contributed by atoms with Crippen LogP contribution < -0.4 is 10.6 Å². The third-order valence-electron chi connectivity index (χ3n) is 5.51.